The molecule has 3 N–H and O–H groups in total. The van der Waals surface area contributed by atoms with Crippen LogP contribution in [0, 0.1) is 5.82 Å². The third-order valence-electron chi connectivity index (χ3n) is 3.55. The predicted octanol–water partition coefficient (Wildman–Crippen LogP) is -0.0748. The second-order valence-electron chi connectivity index (χ2n) is 5.25. The van der Waals surface area contributed by atoms with Crippen molar-refractivity contribution in [2.45, 2.75) is 11.3 Å². The van der Waals surface area contributed by atoms with Gasteiger partial charge in [-0.2, -0.15) is 0 Å². The number of ether oxygens (including phenoxy) is 1. The summed E-state index contributed by atoms with van der Waals surface area (Å²) in [7, 11) is -3.98. The zero-order valence-electron chi connectivity index (χ0n) is 12.6. The van der Waals surface area contributed by atoms with Crippen LogP contribution < -0.4 is 10.5 Å². The molecule has 1 saturated heterocycles. The summed E-state index contributed by atoms with van der Waals surface area (Å²) in [4.78, 5) is 13.9. The fraction of sp³-hybridized carbons (Fsp3) is 0.500. The molecule has 0 bridgehead atoms. The monoisotopic (exact) mass is 345 g/mol. The normalized spacial score (nSPS) is 16.3. The van der Waals surface area contributed by atoms with Crippen LogP contribution in [0.1, 0.15) is 16.8 Å². The van der Waals surface area contributed by atoms with Crippen molar-refractivity contribution in [1.29, 1.82) is 0 Å². The number of hydrogen-bond donors (Lipinski definition) is 2. The van der Waals surface area contributed by atoms with Gasteiger partial charge in [-0.15, -0.1) is 0 Å². The largest absolute Gasteiger partial charge is 0.379 e. The molecule has 1 aliphatic rings. The first-order valence-corrected chi connectivity index (χ1v) is 8.83. The van der Waals surface area contributed by atoms with E-state index in [1.807, 2.05) is 0 Å². The number of primary sulfonamides is 1. The number of sulfonamides is 1. The second-order valence-corrected chi connectivity index (χ2v) is 6.81. The number of nitrogens with one attached hydrogen (secondary N) is 1. The summed E-state index contributed by atoms with van der Waals surface area (Å²) in [6.45, 7) is 4.31. The van der Waals surface area contributed by atoms with Gasteiger partial charge in [-0.05, 0) is 31.2 Å². The molecule has 0 atom stereocenters. The smallest absolute Gasteiger partial charge is 0.254 e. The fourth-order valence-corrected chi connectivity index (χ4v) is 2.82. The fourth-order valence-electron chi connectivity index (χ4n) is 2.28. The van der Waals surface area contributed by atoms with Crippen molar-refractivity contribution < 1.29 is 22.3 Å². The Morgan fingerprint density at radius 1 is 1.35 bits per heavy atom. The lowest BCUT2D eigenvalue weighted by Gasteiger charge is -2.26. The highest BCUT2D eigenvalue weighted by Gasteiger charge is 2.16. The number of morpholine rings is 1. The molecule has 2 rings (SSSR count). The van der Waals surface area contributed by atoms with Gasteiger partial charge in [0.1, 0.15) is 5.82 Å². The molecule has 0 radical (unpaired) electrons. The number of rotatable bonds is 6. The molecule has 0 unspecified atom stereocenters. The highest BCUT2D eigenvalue weighted by molar-refractivity contribution is 7.89. The molecule has 1 fully saturated rings. The Bertz CT molecular complexity index is 660. The summed E-state index contributed by atoms with van der Waals surface area (Å²) in [5.41, 5.74) is -0.331. The molecule has 0 aliphatic carbocycles. The van der Waals surface area contributed by atoms with E-state index in [1.54, 1.807) is 0 Å². The average molecular weight is 345 g/mol. The van der Waals surface area contributed by atoms with Crippen LogP contribution in [0.25, 0.3) is 0 Å². The SMILES string of the molecule is NS(=O)(=O)c1ccc(F)c(C(=O)NCCCN2CCOCC2)c1. The van der Waals surface area contributed by atoms with Crippen molar-refractivity contribution in [1.82, 2.24) is 10.2 Å². The third kappa shape index (κ3) is 5.24. The standard InChI is InChI=1S/C14H20FN3O4S/c15-13-3-2-11(23(16,20)21)10-12(13)14(19)17-4-1-5-18-6-8-22-9-7-18/h2-3,10H,1,4-9H2,(H,17,19)(H2,16,20,21). The molecule has 128 valence electrons. The van der Waals surface area contributed by atoms with Gasteiger partial charge in [0.05, 0.1) is 23.7 Å². The molecule has 1 heterocycles. The van der Waals surface area contributed by atoms with Crippen molar-refractivity contribution >= 4 is 15.9 Å². The molecule has 9 heteroatoms. The van der Waals surface area contributed by atoms with E-state index in [0.717, 1.165) is 37.8 Å². The second kappa shape index (κ2) is 7.82. The Balaban J connectivity index is 1.87. The third-order valence-corrected chi connectivity index (χ3v) is 4.46. The Labute approximate surface area is 134 Å². The number of amides is 1. The molecular formula is C14H20FN3O4S. The number of carbonyl (C=O) groups is 1. The summed E-state index contributed by atoms with van der Waals surface area (Å²) in [6, 6.07) is 2.89. The van der Waals surface area contributed by atoms with Gasteiger partial charge in [0, 0.05) is 19.6 Å². The van der Waals surface area contributed by atoms with Crippen molar-refractivity contribution in [2.24, 2.45) is 5.14 Å². The summed E-state index contributed by atoms with van der Waals surface area (Å²) in [6.07, 6.45) is 0.711. The Morgan fingerprint density at radius 3 is 2.70 bits per heavy atom. The maximum absolute atomic E-state index is 13.7. The molecule has 0 saturated carbocycles. The summed E-state index contributed by atoms with van der Waals surface area (Å²) < 4.78 is 41.5. The van der Waals surface area contributed by atoms with Gasteiger partial charge in [-0.1, -0.05) is 0 Å². The van der Waals surface area contributed by atoms with E-state index in [2.05, 4.69) is 10.2 Å². The van der Waals surface area contributed by atoms with E-state index < -0.39 is 21.7 Å². The van der Waals surface area contributed by atoms with E-state index in [4.69, 9.17) is 9.88 Å². The van der Waals surface area contributed by atoms with Gasteiger partial charge < -0.3 is 10.1 Å². The van der Waals surface area contributed by atoms with E-state index >= 15 is 0 Å². The van der Waals surface area contributed by atoms with Gasteiger partial charge in [-0.25, -0.2) is 17.9 Å². The minimum absolute atomic E-state index is 0.294. The number of nitrogens with zero attached hydrogens (tertiary/aromatic N) is 1. The first-order chi connectivity index (χ1) is 10.9. The zero-order chi connectivity index (χ0) is 16.9. The minimum Gasteiger partial charge on any atom is -0.379 e. The number of hydrogen-bond acceptors (Lipinski definition) is 5. The highest BCUT2D eigenvalue weighted by atomic mass is 32.2. The van der Waals surface area contributed by atoms with Gasteiger partial charge in [0.25, 0.3) is 5.91 Å². The molecular weight excluding hydrogens is 325 g/mol. The van der Waals surface area contributed by atoms with Gasteiger partial charge in [0.15, 0.2) is 0 Å². The topological polar surface area (TPSA) is 102 Å². The Morgan fingerprint density at radius 2 is 2.04 bits per heavy atom. The van der Waals surface area contributed by atoms with E-state index in [0.29, 0.717) is 26.2 Å². The van der Waals surface area contributed by atoms with Crippen LogP contribution in [0.5, 0.6) is 0 Å². The Hall–Kier alpha value is -1.55. The predicted molar refractivity (Wildman–Crippen MR) is 82.0 cm³/mol. The highest BCUT2D eigenvalue weighted by Crippen LogP contribution is 2.14. The minimum atomic E-state index is -3.98. The molecule has 1 aromatic rings. The summed E-state index contributed by atoms with van der Waals surface area (Å²) in [5.74, 6) is -1.45. The molecule has 7 nitrogen and oxygen atoms in total. The van der Waals surface area contributed by atoms with Crippen LogP contribution in [0.15, 0.2) is 23.1 Å². The van der Waals surface area contributed by atoms with Gasteiger partial charge >= 0.3 is 0 Å². The molecule has 1 amide bonds. The lowest BCUT2D eigenvalue weighted by atomic mass is 10.2. The molecule has 23 heavy (non-hydrogen) atoms. The van der Waals surface area contributed by atoms with Crippen LogP contribution in [-0.2, 0) is 14.8 Å². The van der Waals surface area contributed by atoms with E-state index in [9.17, 15) is 17.6 Å². The van der Waals surface area contributed by atoms with Crippen molar-refractivity contribution in [2.75, 3.05) is 39.4 Å². The summed E-state index contributed by atoms with van der Waals surface area (Å²) in [5, 5.41) is 7.57. The maximum atomic E-state index is 13.7. The van der Waals surface area contributed by atoms with E-state index in [1.165, 1.54) is 0 Å². The van der Waals surface area contributed by atoms with Crippen molar-refractivity contribution in [3.8, 4) is 0 Å². The molecule has 1 aromatic carbocycles. The molecule has 1 aliphatic heterocycles. The first kappa shape index (κ1) is 17.8. The quantitative estimate of drug-likeness (QED) is 0.703. The lowest BCUT2D eigenvalue weighted by Crippen LogP contribution is -2.38. The number of nitrogens with two attached hydrogens (primary N) is 1. The van der Waals surface area contributed by atoms with Crippen molar-refractivity contribution in [3.05, 3.63) is 29.6 Å². The van der Waals surface area contributed by atoms with Crippen LogP contribution in [-0.4, -0.2) is 58.6 Å². The van der Waals surface area contributed by atoms with Gasteiger partial charge in [0.2, 0.25) is 10.0 Å². The summed E-state index contributed by atoms with van der Waals surface area (Å²) >= 11 is 0. The lowest BCUT2D eigenvalue weighted by molar-refractivity contribution is 0.0374. The Kier molecular flexibility index (Phi) is 6.05. The zero-order valence-corrected chi connectivity index (χ0v) is 13.4. The van der Waals surface area contributed by atoms with Crippen LogP contribution in [0.3, 0.4) is 0 Å². The van der Waals surface area contributed by atoms with Crippen LogP contribution >= 0.6 is 0 Å². The number of benzene rings is 1. The molecule has 0 spiro atoms. The van der Waals surface area contributed by atoms with Crippen LogP contribution in [0.2, 0.25) is 0 Å². The number of halogens is 1. The maximum Gasteiger partial charge on any atom is 0.254 e. The van der Waals surface area contributed by atoms with Crippen LogP contribution in [0.4, 0.5) is 4.39 Å². The molecule has 0 aromatic heterocycles. The average Bonchev–Trinajstić information content (AvgIpc) is 2.51. The first-order valence-electron chi connectivity index (χ1n) is 7.28. The van der Waals surface area contributed by atoms with Crippen molar-refractivity contribution in [3.63, 3.8) is 0 Å². The number of carbonyl (C=O) groups excluding carboxylic acids is 1. The van der Waals surface area contributed by atoms with Gasteiger partial charge in [-0.3, -0.25) is 9.69 Å². The van der Waals surface area contributed by atoms with E-state index in [-0.39, 0.29) is 10.5 Å².